The van der Waals surface area contributed by atoms with Crippen LogP contribution in [-0.4, -0.2) is 19.3 Å². The van der Waals surface area contributed by atoms with Crippen LogP contribution in [-0.2, 0) is 14.6 Å². The molecule has 0 aliphatic carbocycles. The normalized spacial score (nSPS) is 14.6. The molecular weight excluding hydrogens is 512 g/mol. The lowest BCUT2D eigenvalue weighted by Crippen LogP contribution is -2.39. The van der Waals surface area contributed by atoms with Crippen molar-refractivity contribution in [2.45, 2.75) is 36.5 Å². The summed E-state index contributed by atoms with van der Waals surface area (Å²) in [6.07, 6.45) is 0. The molecular formula is C31H26N2O3S2. The quantitative estimate of drug-likeness (QED) is 0.262. The average Bonchev–Trinajstić information content (AvgIpc) is 3.37. The molecule has 38 heavy (non-hydrogen) atoms. The van der Waals surface area contributed by atoms with Crippen molar-refractivity contribution in [2.75, 3.05) is 5.32 Å². The Hall–Kier alpha value is -3.81. The van der Waals surface area contributed by atoms with E-state index in [1.807, 2.05) is 55.6 Å². The maximum absolute atomic E-state index is 13.8. The van der Waals surface area contributed by atoms with Gasteiger partial charge >= 0.3 is 0 Å². The molecule has 7 heteroatoms. The predicted octanol–water partition coefficient (Wildman–Crippen LogP) is 7.21. The van der Waals surface area contributed by atoms with Crippen molar-refractivity contribution in [3.8, 4) is 11.3 Å². The van der Waals surface area contributed by atoms with Crippen molar-refractivity contribution < 1.29 is 13.2 Å². The molecule has 1 aliphatic heterocycles. The Balaban J connectivity index is 1.36. The van der Waals surface area contributed by atoms with Crippen molar-refractivity contribution >= 4 is 43.0 Å². The SMILES string of the molecule is Cc1ccc(-c2csc(NC(=O)C(C)(C)C3c4ccccc4S(=O)(=O)c4ccccc43)n2)c2ccccc12. The van der Waals surface area contributed by atoms with Gasteiger partial charge in [0.15, 0.2) is 5.13 Å². The molecule has 4 aromatic carbocycles. The van der Waals surface area contributed by atoms with E-state index < -0.39 is 21.2 Å². The lowest BCUT2D eigenvalue weighted by molar-refractivity contribution is -0.124. The summed E-state index contributed by atoms with van der Waals surface area (Å²) in [6.45, 7) is 5.81. The number of nitrogens with one attached hydrogen (secondary N) is 1. The molecule has 190 valence electrons. The third kappa shape index (κ3) is 3.77. The molecule has 5 nitrogen and oxygen atoms in total. The van der Waals surface area contributed by atoms with E-state index in [0.717, 1.165) is 16.6 Å². The number of sulfone groups is 1. The highest BCUT2D eigenvalue weighted by atomic mass is 32.2. The van der Waals surface area contributed by atoms with E-state index in [4.69, 9.17) is 4.98 Å². The molecule has 0 spiro atoms. The Kier molecular flexibility index (Phi) is 5.74. The zero-order valence-electron chi connectivity index (χ0n) is 21.2. The highest BCUT2D eigenvalue weighted by molar-refractivity contribution is 7.91. The van der Waals surface area contributed by atoms with E-state index in [1.165, 1.54) is 22.3 Å². The standard InChI is InChI=1S/C31H26N2O3S2/c1-19-16-17-22(21-11-5-4-10-20(19)21)25-18-37-30(32-25)33-29(34)31(2,3)28-23-12-6-8-14-26(23)38(35,36)27-15-9-7-13-24(27)28/h4-18,28H,1-3H3,(H,32,33,34). The van der Waals surface area contributed by atoms with E-state index in [0.29, 0.717) is 16.3 Å². The summed E-state index contributed by atoms with van der Waals surface area (Å²) in [7, 11) is -3.67. The van der Waals surface area contributed by atoms with Crippen LogP contribution in [0.4, 0.5) is 5.13 Å². The van der Waals surface area contributed by atoms with Gasteiger partial charge in [-0.2, -0.15) is 0 Å². The van der Waals surface area contributed by atoms with E-state index in [9.17, 15) is 13.2 Å². The number of aryl methyl sites for hydroxylation is 1. The van der Waals surface area contributed by atoms with Crippen LogP contribution in [0.15, 0.2) is 100 Å². The second-order valence-electron chi connectivity index (χ2n) is 10.2. The molecule has 1 N–H and O–H groups in total. The van der Waals surface area contributed by atoms with Gasteiger partial charge in [0.2, 0.25) is 15.7 Å². The highest BCUT2D eigenvalue weighted by Gasteiger charge is 2.46. The smallest absolute Gasteiger partial charge is 0.232 e. The number of fused-ring (bicyclic) bond motifs is 3. The van der Waals surface area contributed by atoms with E-state index >= 15 is 0 Å². The van der Waals surface area contributed by atoms with Gasteiger partial charge in [-0.05, 0) is 46.5 Å². The van der Waals surface area contributed by atoms with Gasteiger partial charge in [0.05, 0.1) is 20.9 Å². The fourth-order valence-electron chi connectivity index (χ4n) is 5.51. The van der Waals surface area contributed by atoms with Crippen molar-refractivity contribution in [3.63, 3.8) is 0 Å². The third-order valence-corrected chi connectivity index (χ3v) is 10.1. The van der Waals surface area contributed by atoms with Crippen LogP contribution in [0.1, 0.15) is 36.5 Å². The minimum absolute atomic E-state index is 0.221. The number of amides is 1. The molecule has 0 fully saturated rings. The van der Waals surface area contributed by atoms with Crippen molar-refractivity contribution in [3.05, 3.63) is 107 Å². The predicted molar refractivity (Wildman–Crippen MR) is 152 cm³/mol. The molecule has 0 saturated carbocycles. The Morgan fingerprint density at radius 2 is 1.42 bits per heavy atom. The van der Waals surface area contributed by atoms with Gasteiger partial charge in [0.1, 0.15) is 0 Å². The number of nitrogens with zero attached hydrogens (tertiary/aromatic N) is 1. The van der Waals surface area contributed by atoms with Crippen LogP contribution >= 0.6 is 11.3 Å². The van der Waals surface area contributed by atoms with Gasteiger partial charge in [-0.3, -0.25) is 4.79 Å². The molecule has 1 amide bonds. The van der Waals surface area contributed by atoms with Gasteiger partial charge < -0.3 is 5.32 Å². The van der Waals surface area contributed by atoms with Gasteiger partial charge in [-0.25, -0.2) is 13.4 Å². The zero-order valence-corrected chi connectivity index (χ0v) is 22.9. The molecule has 1 aliphatic rings. The number of benzene rings is 4. The highest BCUT2D eigenvalue weighted by Crippen LogP contribution is 2.50. The van der Waals surface area contributed by atoms with Gasteiger partial charge in [0.25, 0.3) is 0 Å². The first-order valence-corrected chi connectivity index (χ1v) is 14.7. The minimum Gasteiger partial charge on any atom is -0.301 e. The fourth-order valence-corrected chi connectivity index (χ4v) is 7.96. The fraction of sp³-hybridized carbons (Fsp3) is 0.161. The topological polar surface area (TPSA) is 76.1 Å². The second-order valence-corrected chi connectivity index (χ2v) is 12.9. The Morgan fingerprint density at radius 3 is 2.08 bits per heavy atom. The maximum Gasteiger partial charge on any atom is 0.232 e. The number of aromatic nitrogens is 1. The largest absolute Gasteiger partial charge is 0.301 e. The summed E-state index contributed by atoms with van der Waals surface area (Å²) in [4.78, 5) is 19.1. The van der Waals surface area contributed by atoms with Gasteiger partial charge in [-0.1, -0.05) is 86.6 Å². The van der Waals surface area contributed by atoms with E-state index in [2.05, 4.69) is 36.5 Å². The minimum atomic E-state index is -3.67. The number of hydrogen-bond acceptors (Lipinski definition) is 5. The summed E-state index contributed by atoms with van der Waals surface area (Å²) in [6, 6.07) is 26.4. The van der Waals surface area contributed by atoms with Crippen LogP contribution in [0.2, 0.25) is 0 Å². The number of rotatable bonds is 4. The lowest BCUT2D eigenvalue weighted by atomic mass is 9.70. The van der Waals surface area contributed by atoms with Crippen LogP contribution in [0.5, 0.6) is 0 Å². The molecule has 0 atom stereocenters. The first-order chi connectivity index (χ1) is 18.2. The first kappa shape index (κ1) is 24.5. The van der Waals surface area contributed by atoms with Gasteiger partial charge in [-0.15, -0.1) is 11.3 Å². The Bertz CT molecular complexity index is 1780. The molecule has 5 aromatic rings. The number of thiazole rings is 1. The zero-order chi connectivity index (χ0) is 26.7. The van der Waals surface area contributed by atoms with E-state index in [-0.39, 0.29) is 15.7 Å². The Labute approximate surface area is 226 Å². The summed E-state index contributed by atoms with van der Waals surface area (Å²) in [5.74, 6) is -0.667. The van der Waals surface area contributed by atoms with Gasteiger partial charge in [0, 0.05) is 16.9 Å². The summed E-state index contributed by atoms with van der Waals surface area (Å²) in [5, 5.41) is 7.79. The molecule has 2 heterocycles. The number of anilines is 1. The maximum atomic E-state index is 13.8. The second kappa shape index (κ2) is 8.89. The summed E-state index contributed by atoms with van der Waals surface area (Å²) < 4.78 is 26.7. The summed E-state index contributed by atoms with van der Waals surface area (Å²) in [5.41, 5.74) is 3.32. The molecule has 0 bridgehead atoms. The average molecular weight is 539 g/mol. The van der Waals surface area contributed by atoms with Crippen molar-refractivity contribution in [1.29, 1.82) is 0 Å². The molecule has 1 aromatic heterocycles. The van der Waals surface area contributed by atoms with Crippen molar-refractivity contribution in [2.24, 2.45) is 5.41 Å². The van der Waals surface area contributed by atoms with Crippen LogP contribution in [0.3, 0.4) is 0 Å². The van der Waals surface area contributed by atoms with Crippen LogP contribution in [0.25, 0.3) is 22.0 Å². The van der Waals surface area contributed by atoms with E-state index in [1.54, 1.807) is 24.3 Å². The first-order valence-electron chi connectivity index (χ1n) is 12.4. The Morgan fingerprint density at radius 1 is 0.842 bits per heavy atom. The number of carbonyl (C=O) groups is 1. The van der Waals surface area contributed by atoms with Crippen LogP contribution in [0, 0.1) is 12.3 Å². The molecule has 0 unspecified atom stereocenters. The molecule has 0 radical (unpaired) electrons. The van der Waals surface area contributed by atoms with Crippen molar-refractivity contribution in [1.82, 2.24) is 4.98 Å². The lowest BCUT2D eigenvalue weighted by Gasteiger charge is -2.38. The van der Waals surface area contributed by atoms with Crippen LogP contribution < -0.4 is 5.32 Å². The molecule has 6 rings (SSSR count). The number of hydrogen-bond donors (Lipinski definition) is 1. The monoisotopic (exact) mass is 538 g/mol. The third-order valence-electron chi connectivity index (χ3n) is 7.49. The number of carbonyl (C=O) groups excluding carboxylic acids is 1. The summed E-state index contributed by atoms with van der Waals surface area (Å²) >= 11 is 1.38. The molecule has 0 saturated heterocycles.